The highest BCUT2D eigenvalue weighted by molar-refractivity contribution is 7.80. The van der Waals surface area contributed by atoms with Gasteiger partial charge >= 0.3 is 0 Å². The maximum Gasteiger partial charge on any atom is 0.251 e. The Morgan fingerprint density at radius 2 is 2.00 bits per heavy atom. The van der Waals surface area contributed by atoms with Crippen LogP contribution in [-0.2, 0) is 13.6 Å². The second-order valence-electron chi connectivity index (χ2n) is 4.08. The van der Waals surface area contributed by atoms with Gasteiger partial charge in [0.25, 0.3) is 5.91 Å². The second-order valence-corrected chi connectivity index (χ2v) is 4.52. The van der Waals surface area contributed by atoms with Crippen molar-refractivity contribution in [1.82, 2.24) is 14.9 Å². The van der Waals surface area contributed by atoms with Gasteiger partial charge in [-0.2, -0.15) is 0 Å². The molecular weight excluding hydrogens is 260 g/mol. The monoisotopic (exact) mass is 274 g/mol. The first kappa shape index (κ1) is 13.2. The third kappa shape index (κ3) is 3.17. The summed E-state index contributed by atoms with van der Waals surface area (Å²) in [6.45, 7) is 0.388. The van der Waals surface area contributed by atoms with Crippen LogP contribution in [0.25, 0.3) is 0 Å². The van der Waals surface area contributed by atoms with Crippen molar-refractivity contribution in [2.45, 2.75) is 6.54 Å². The predicted octanol–water partition coefficient (Wildman–Crippen LogP) is 0.984. The highest BCUT2D eigenvalue weighted by Gasteiger charge is 2.07. The minimum Gasteiger partial charge on any atom is -0.389 e. The number of rotatable bonds is 4. The second kappa shape index (κ2) is 5.62. The molecule has 0 atom stereocenters. The molecule has 0 radical (unpaired) electrons. The van der Waals surface area contributed by atoms with Crippen molar-refractivity contribution in [1.29, 1.82) is 0 Å². The van der Waals surface area contributed by atoms with Crippen molar-refractivity contribution in [3.05, 3.63) is 53.6 Å². The first-order valence-electron chi connectivity index (χ1n) is 5.72. The Bertz CT molecular complexity index is 603. The molecule has 98 valence electrons. The van der Waals surface area contributed by atoms with E-state index in [0.717, 1.165) is 11.4 Å². The van der Waals surface area contributed by atoms with Gasteiger partial charge in [-0.1, -0.05) is 24.4 Å². The molecule has 0 aliphatic carbocycles. The molecule has 0 saturated carbocycles. The summed E-state index contributed by atoms with van der Waals surface area (Å²) in [5.41, 5.74) is 6.81. The maximum atomic E-state index is 11.9. The van der Waals surface area contributed by atoms with Gasteiger partial charge in [0, 0.05) is 30.6 Å². The first-order valence-corrected chi connectivity index (χ1v) is 6.13. The van der Waals surface area contributed by atoms with Gasteiger partial charge in [0.1, 0.15) is 10.8 Å². The van der Waals surface area contributed by atoms with Gasteiger partial charge in [-0.15, -0.1) is 0 Å². The lowest BCUT2D eigenvalue weighted by atomic mass is 10.1. The molecule has 1 aromatic carbocycles. The van der Waals surface area contributed by atoms with E-state index in [0.29, 0.717) is 17.1 Å². The van der Waals surface area contributed by atoms with E-state index >= 15 is 0 Å². The Hall–Kier alpha value is -2.21. The maximum absolute atomic E-state index is 11.9. The van der Waals surface area contributed by atoms with E-state index in [-0.39, 0.29) is 5.91 Å². The van der Waals surface area contributed by atoms with Crippen molar-refractivity contribution in [3.63, 3.8) is 0 Å². The standard InChI is InChI=1S/C13H14N4OS/c1-17-7-6-15-11(17)8-16-13(18)10-4-2-9(3-5-10)12(14)19/h2-7H,8H2,1H3,(H2,14,19)(H,16,18). The van der Waals surface area contributed by atoms with Crippen molar-refractivity contribution in [3.8, 4) is 0 Å². The summed E-state index contributed by atoms with van der Waals surface area (Å²) in [4.78, 5) is 16.4. The number of aryl methyl sites for hydroxylation is 1. The van der Waals surface area contributed by atoms with Crippen LogP contribution in [0, 0.1) is 0 Å². The van der Waals surface area contributed by atoms with Crippen molar-refractivity contribution in [2.75, 3.05) is 0 Å². The molecule has 0 aliphatic heterocycles. The van der Waals surface area contributed by atoms with Crippen molar-refractivity contribution < 1.29 is 4.79 Å². The number of nitrogens with zero attached hydrogens (tertiary/aromatic N) is 2. The molecule has 0 fully saturated rings. The SMILES string of the molecule is Cn1ccnc1CNC(=O)c1ccc(C(N)=S)cc1. The molecule has 6 heteroatoms. The zero-order chi connectivity index (χ0) is 13.8. The number of thiocarbonyl (C=S) groups is 1. The third-order valence-corrected chi connectivity index (χ3v) is 3.00. The molecular formula is C13H14N4OS. The van der Waals surface area contributed by atoms with E-state index in [4.69, 9.17) is 18.0 Å². The topological polar surface area (TPSA) is 72.9 Å². The van der Waals surface area contributed by atoms with E-state index in [2.05, 4.69) is 10.3 Å². The Labute approximate surface area is 116 Å². The average Bonchev–Trinajstić information content (AvgIpc) is 2.81. The van der Waals surface area contributed by atoms with E-state index in [9.17, 15) is 4.79 Å². The van der Waals surface area contributed by atoms with Crippen LogP contribution >= 0.6 is 12.2 Å². The minimum atomic E-state index is -0.155. The normalized spacial score (nSPS) is 10.2. The van der Waals surface area contributed by atoms with E-state index in [1.54, 1.807) is 30.5 Å². The van der Waals surface area contributed by atoms with Gasteiger partial charge < -0.3 is 15.6 Å². The Morgan fingerprint density at radius 1 is 1.37 bits per heavy atom. The van der Waals surface area contributed by atoms with Crippen LogP contribution in [0.4, 0.5) is 0 Å². The van der Waals surface area contributed by atoms with Crippen LogP contribution < -0.4 is 11.1 Å². The number of hydrogen-bond donors (Lipinski definition) is 2. The number of benzene rings is 1. The van der Waals surface area contributed by atoms with Gasteiger partial charge in [-0.3, -0.25) is 4.79 Å². The van der Waals surface area contributed by atoms with Gasteiger partial charge in [-0.25, -0.2) is 4.98 Å². The summed E-state index contributed by atoms with van der Waals surface area (Å²) in [7, 11) is 1.88. The fourth-order valence-electron chi connectivity index (χ4n) is 1.61. The minimum absolute atomic E-state index is 0.155. The number of nitrogens with two attached hydrogens (primary N) is 1. The number of aromatic nitrogens is 2. The zero-order valence-corrected chi connectivity index (χ0v) is 11.3. The van der Waals surface area contributed by atoms with E-state index in [1.165, 1.54) is 0 Å². The summed E-state index contributed by atoms with van der Waals surface area (Å²) >= 11 is 4.86. The largest absolute Gasteiger partial charge is 0.389 e. The van der Waals surface area contributed by atoms with Gasteiger partial charge in [0.15, 0.2) is 0 Å². The molecule has 0 spiro atoms. The van der Waals surface area contributed by atoms with Crippen LogP contribution in [0.2, 0.25) is 0 Å². The number of nitrogens with one attached hydrogen (secondary N) is 1. The molecule has 0 aliphatic rings. The summed E-state index contributed by atoms with van der Waals surface area (Å²) in [6.07, 6.45) is 3.52. The fraction of sp³-hybridized carbons (Fsp3) is 0.154. The molecule has 1 aromatic heterocycles. The number of hydrogen-bond acceptors (Lipinski definition) is 3. The van der Waals surface area contributed by atoms with Crippen molar-refractivity contribution >= 4 is 23.1 Å². The molecule has 2 rings (SSSR count). The summed E-state index contributed by atoms with van der Waals surface area (Å²) in [6, 6.07) is 6.86. The van der Waals surface area contributed by atoms with Crippen LogP contribution in [0.15, 0.2) is 36.7 Å². The zero-order valence-electron chi connectivity index (χ0n) is 10.5. The third-order valence-electron chi connectivity index (χ3n) is 2.76. The van der Waals surface area contributed by atoms with E-state index < -0.39 is 0 Å². The van der Waals surface area contributed by atoms with E-state index in [1.807, 2.05) is 17.8 Å². The molecule has 0 unspecified atom stereocenters. The van der Waals surface area contributed by atoms with Crippen LogP contribution in [0.5, 0.6) is 0 Å². The van der Waals surface area contributed by atoms with Gasteiger partial charge in [0.2, 0.25) is 0 Å². The molecule has 1 heterocycles. The van der Waals surface area contributed by atoms with Gasteiger partial charge in [0.05, 0.1) is 6.54 Å². The molecule has 0 bridgehead atoms. The lowest BCUT2D eigenvalue weighted by Crippen LogP contribution is -2.24. The number of carbonyl (C=O) groups is 1. The lowest BCUT2D eigenvalue weighted by molar-refractivity contribution is 0.0949. The van der Waals surface area contributed by atoms with Crippen molar-refractivity contribution in [2.24, 2.45) is 12.8 Å². The molecule has 5 nitrogen and oxygen atoms in total. The van der Waals surface area contributed by atoms with Crippen LogP contribution in [-0.4, -0.2) is 20.4 Å². The molecule has 0 saturated heterocycles. The summed E-state index contributed by atoms with van der Waals surface area (Å²) in [5, 5.41) is 2.80. The Morgan fingerprint density at radius 3 is 2.53 bits per heavy atom. The molecule has 2 aromatic rings. The fourth-order valence-corrected chi connectivity index (χ4v) is 1.75. The van der Waals surface area contributed by atoms with Crippen LogP contribution in [0.3, 0.4) is 0 Å². The smallest absolute Gasteiger partial charge is 0.251 e. The average molecular weight is 274 g/mol. The van der Waals surface area contributed by atoms with Gasteiger partial charge in [-0.05, 0) is 12.1 Å². The Kier molecular flexibility index (Phi) is 3.91. The molecule has 3 N–H and O–H groups in total. The first-order chi connectivity index (χ1) is 9.08. The summed E-state index contributed by atoms with van der Waals surface area (Å²) in [5.74, 6) is 0.644. The number of imidazole rings is 1. The number of amides is 1. The lowest BCUT2D eigenvalue weighted by Gasteiger charge is -2.06. The predicted molar refractivity (Wildman–Crippen MR) is 76.7 cm³/mol. The van der Waals surface area contributed by atoms with Crippen LogP contribution in [0.1, 0.15) is 21.7 Å². The highest BCUT2D eigenvalue weighted by Crippen LogP contribution is 2.05. The molecule has 1 amide bonds. The summed E-state index contributed by atoms with van der Waals surface area (Å²) < 4.78 is 1.86. The highest BCUT2D eigenvalue weighted by atomic mass is 32.1. The quantitative estimate of drug-likeness (QED) is 0.815. The number of carbonyl (C=O) groups excluding carboxylic acids is 1. The molecule has 19 heavy (non-hydrogen) atoms. The Balaban J connectivity index is 2.00.